The molecule has 122 valence electrons. The molecule has 0 aliphatic carbocycles. The highest BCUT2D eigenvalue weighted by Gasteiger charge is 2.16. The smallest absolute Gasteiger partial charge is 0.224 e. The molecule has 0 aliphatic rings. The van der Waals surface area contributed by atoms with Crippen LogP contribution in [0.3, 0.4) is 0 Å². The highest BCUT2D eigenvalue weighted by atomic mass is 35.5. The summed E-state index contributed by atoms with van der Waals surface area (Å²) in [5, 5.41) is 10.1. The fraction of sp³-hybridized carbons (Fsp3) is 0.714. The first kappa shape index (κ1) is 19.9. The summed E-state index contributed by atoms with van der Waals surface area (Å²) in [6.45, 7) is 6.82. The number of rotatable bonds is 10. The Labute approximate surface area is 132 Å². The van der Waals surface area contributed by atoms with E-state index in [-0.39, 0.29) is 18.3 Å². The summed E-state index contributed by atoms with van der Waals surface area (Å²) >= 11 is 0. The van der Waals surface area contributed by atoms with E-state index < -0.39 is 0 Å². The zero-order valence-electron chi connectivity index (χ0n) is 13.0. The van der Waals surface area contributed by atoms with Gasteiger partial charge in [-0.25, -0.2) is 0 Å². The highest BCUT2D eigenvalue weighted by molar-refractivity contribution is 5.85. The molecular formula is C14H26ClN3O3. The van der Waals surface area contributed by atoms with Crippen LogP contribution in [-0.4, -0.2) is 44.4 Å². The lowest BCUT2D eigenvalue weighted by Crippen LogP contribution is -2.34. The van der Waals surface area contributed by atoms with E-state index in [9.17, 15) is 4.79 Å². The van der Waals surface area contributed by atoms with Gasteiger partial charge in [0.25, 0.3) is 0 Å². The molecule has 1 aromatic rings. The van der Waals surface area contributed by atoms with Gasteiger partial charge in [-0.1, -0.05) is 19.0 Å². The largest absolute Gasteiger partial charge is 0.383 e. The predicted molar refractivity (Wildman–Crippen MR) is 84.0 cm³/mol. The number of nitrogens with one attached hydrogen (secondary N) is 2. The van der Waals surface area contributed by atoms with Crippen molar-refractivity contribution >= 4 is 18.3 Å². The molecule has 0 radical (unpaired) electrons. The van der Waals surface area contributed by atoms with Gasteiger partial charge in [0.15, 0.2) is 0 Å². The Balaban J connectivity index is 0.00000400. The van der Waals surface area contributed by atoms with Crippen LogP contribution in [0.1, 0.15) is 30.9 Å². The molecule has 0 atom stereocenters. The first-order valence-corrected chi connectivity index (χ1v) is 7.15. The molecule has 0 spiro atoms. The van der Waals surface area contributed by atoms with E-state index >= 15 is 0 Å². The van der Waals surface area contributed by atoms with Crippen molar-refractivity contribution in [2.75, 3.05) is 33.4 Å². The van der Waals surface area contributed by atoms with E-state index in [1.807, 2.05) is 13.8 Å². The standard InChI is InChI=1S/C14H25N3O3.ClH/c1-4-12-11(13(5-2)20-17-12)10-14(18)16-7-6-15-8-9-19-3;/h15H,4-10H2,1-3H3,(H,16,18);1H. The minimum absolute atomic E-state index is 0. The molecule has 1 aromatic heterocycles. The molecule has 0 saturated heterocycles. The summed E-state index contributed by atoms with van der Waals surface area (Å²) in [6.07, 6.45) is 1.88. The van der Waals surface area contributed by atoms with Gasteiger partial charge in [-0.2, -0.15) is 0 Å². The Kier molecular flexibility index (Phi) is 10.9. The van der Waals surface area contributed by atoms with Gasteiger partial charge >= 0.3 is 0 Å². The van der Waals surface area contributed by atoms with Crippen molar-refractivity contribution in [1.29, 1.82) is 0 Å². The number of aryl methyl sites for hydroxylation is 2. The summed E-state index contributed by atoms with van der Waals surface area (Å²) in [7, 11) is 1.67. The number of hydrogen-bond donors (Lipinski definition) is 2. The van der Waals surface area contributed by atoms with Crippen molar-refractivity contribution in [2.45, 2.75) is 33.1 Å². The molecule has 6 nitrogen and oxygen atoms in total. The quantitative estimate of drug-likeness (QED) is 0.632. The highest BCUT2D eigenvalue weighted by Crippen LogP contribution is 2.16. The minimum Gasteiger partial charge on any atom is -0.383 e. The molecule has 2 N–H and O–H groups in total. The molecule has 0 unspecified atom stereocenters. The summed E-state index contributed by atoms with van der Waals surface area (Å²) in [5.74, 6) is 0.821. The third kappa shape index (κ3) is 6.93. The molecule has 0 bridgehead atoms. The van der Waals surface area contributed by atoms with E-state index in [0.29, 0.717) is 19.6 Å². The van der Waals surface area contributed by atoms with E-state index in [2.05, 4.69) is 15.8 Å². The summed E-state index contributed by atoms with van der Waals surface area (Å²) in [4.78, 5) is 11.9. The van der Waals surface area contributed by atoms with E-state index in [1.54, 1.807) is 7.11 Å². The van der Waals surface area contributed by atoms with E-state index in [1.165, 1.54) is 0 Å². The zero-order chi connectivity index (χ0) is 14.8. The molecule has 0 fully saturated rings. The molecular weight excluding hydrogens is 294 g/mol. The van der Waals surface area contributed by atoms with Gasteiger partial charge in [0.1, 0.15) is 5.76 Å². The van der Waals surface area contributed by atoms with Gasteiger partial charge in [0.2, 0.25) is 5.91 Å². The average molecular weight is 320 g/mol. The topological polar surface area (TPSA) is 76.4 Å². The lowest BCUT2D eigenvalue weighted by Gasteiger charge is -2.07. The number of aromatic nitrogens is 1. The van der Waals surface area contributed by atoms with Gasteiger partial charge in [-0.05, 0) is 6.42 Å². The van der Waals surface area contributed by atoms with Crippen LogP contribution in [0, 0.1) is 0 Å². The zero-order valence-corrected chi connectivity index (χ0v) is 13.8. The van der Waals surface area contributed by atoms with Crippen LogP contribution in [0.5, 0.6) is 0 Å². The SMILES string of the molecule is CCc1noc(CC)c1CC(=O)NCCNCCOC.Cl. The molecule has 1 amide bonds. The Hall–Kier alpha value is -1.11. The van der Waals surface area contributed by atoms with Crippen molar-refractivity contribution in [3.05, 3.63) is 17.0 Å². The predicted octanol–water partition coefficient (Wildman–Crippen LogP) is 1.12. The van der Waals surface area contributed by atoms with Gasteiger partial charge in [0, 0.05) is 38.7 Å². The number of carbonyl (C=O) groups excluding carboxylic acids is 1. The number of amides is 1. The van der Waals surface area contributed by atoms with Crippen LogP contribution in [0.4, 0.5) is 0 Å². The van der Waals surface area contributed by atoms with Crippen LogP contribution in [0.2, 0.25) is 0 Å². The molecule has 1 rings (SSSR count). The first-order chi connectivity index (χ1) is 9.72. The van der Waals surface area contributed by atoms with Crippen molar-refractivity contribution in [3.63, 3.8) is 0 Å². The normalized spacial score (nSPS) is 10.2. The van der Waals surface area contributed by atoms with Crippen LogP contribution in [-0.2, 0) is 28.8 Å². The minimum atomic E-state index is 0. The molecule has 0 aliphatic heterocycles. The molecule has 0 saturated carbocycles. The molecule has 7 heteroatoms. The molecule has 0 aromatic carbocycles. The Bertz CT molecular complexity index is 389. The summed E-state index contributed by atoms with van der Waals surface area (Å²) in [6, 6.07) is 0. The molecule has 21 heavy (non-hydrogen) atoms. The van der Waals surface area contributed by atoms with Gasteiger partial charge in [-0.15, -0.1) is 12.4 Å². The van der Waals surface area contributed by atoms with Gasteiger partial charge in [-0.3, -0.25) is 4.79 Å². The second-order valence-electron chi connectivity index (χ2n) is 4.51. The van der Waals surface area contributed by atoms with Crippen LogP contribution in [0.15, 0.2) is 4.52 Å². The number of hydrogen-bond acceptors (Lipinski definition) is 5. The van der Waals surface area contributed by atoms with E-state index in [0.717, 1.165) is 42.9 Å². The number of carbonyl (C=O) groups is 1. The fourth-order valence-corrected chi connectivity index (χ4v) is 1.95. The van der Waals surface area contributed by atoms with Crippen LogP contribution >= 0.6 is 12.4 Å². The maximum Gasteiger partial charge on any atom is 0.224 e. The third-order valence-corrected chi connectivity index (χ3v) is 3.05. The monoisotopic (exact) mass is 319 g/mol. The van der Waals surface area contributed by atoms with Crippen LogP contribution < -0.4 is 10.6 Å². The summed E-state index contributed by atoms with van der Waals surface area (Å²) < 4.78 is 10.2. The van der Waals surface area contributed by atoms with E-state index in [4.69, 9.17) is 9.26 Å². The Morgan fingerprint density at radius 3 is 2.62 bits per heavy atom. The second kappa shape index (κ2) is 11.5. The summed E-state index contributed by atoms with van der Waals surface area (Å²) in [5.41, 5.74) is 1.83. The van der Waals surface area contributed by atoms with Gasteiger partial charge in [0.05, 0.1) is 18.7 Å². The maximum atomic E-state index is 11.9. The number of ether oxygens (including phenoxy) is 1. The lowest BCUT2D eigenvalue weighted by atomic mass is 10.1. The van der Waals surface area contributed by atoms with Gasteiger partial charge < -0.3 is 19.9 Å². The average Bonchev–Trinajstić information content (AvgIpc) is 2.84. The Morgan fingerprint density at radius 2 is 2.00 bits per heavy atom. The van der Waals surface area contributed by atoms with Crippen LogP contribution in [0.25, 0.3) is 0 Å². The number of halogens is 1. The molecule has 1 heterocycles. The lowest BCUT2D eigenvalue weighted by molar-refractivity contribution is -0.120. The third-order valence-electron chi connectivity index (χ3n) is 3.05. The second-order valence-corrected chi connectivity index (χ2v) is 4.51. The van der Waals surface area contributed by atoms with Crippen molar-refractivity contribution < 1.29 is 14.1 Å². The maximum absolute atomic E-state index is 11.9. The van der Waals surface area contributed by atoms with Crippen molar-refractivity contribution in [1.82, 2.24) is 15.8 Å². The Morgan fingerprint density at radius 1 is 1.24 bits per heavy atom. The van der Waals surface area contributed by atoms with Crippen molar-refractivity contribution in [3.8, 4) is 0 Å². The number of nitrogens with zero attached hydrogens (tertiary/aromatic N) is 1. The first-order valence-electron chi connectivity index (χ1n) is 7.15. The number of methoxy groups -OCH3 is 1. The van der Waals surface area contributed by atoms with Crippen molar-refractivity contribution in [2.24, 2.45) is 0 Å². The fourth-order valence-electron chi connectivity index (χ4n) is 1.95.